The average molecular weight is 237 g/mol. The second-order valence-electron chi connectivity index (χ2n) is 3.95. The van der Waals surface area contributed by atoms with E-state index in [9.17, 15) is 0 Å². The molecule has 3 heteroatoms. The van der Waals surface area contributed by atoms with E-state index in [0.717, 1.165) is 25.2 Å². The number of methoxy groups -OCH3 is 1. The molecule has 96 valence electrons. The summed E-state index contributed by atoms with van der Waals surface area (Å²) >= 11 is 0. The van der Waals surface area contributed by atoms with Crippen molar-refractivity contribution in [2.24, 2.45) is 0 Å². The van der Waals surface area contributed by atoms with Gasteiger partial charge in [-0.2, -0.15) is 0 Å². The Kier molecular flexibility index (Phi) is 6.67. The van der Waals surface area contributed by atoms with E-state index in [4.69, 9.17) is 9.47 Å². The molecule has 1 aromatic rings. The Morgan fingerprint density at radius 3 is 2.71 bits per heavy atom. The van der Waals surface area contributed by atoms with Crippen molar-refractivity contribution >= 4 is 0 Å². The zero-order chi connectivity index (χ0) is 12.5. The maximum absolute atomic E-state index is 5.65. The Balaban J connectivity index is 2.72. The number of ether oxygens (including phenoxy) is 2. The minimum absolute atomic E-state index is 0.327. The number of nitrogens with one attached hydrogen (secondary N) is 1. The molecule has 0 aromatic heterocycles. The predicted octanol–water partition coefficient (Wildman–Crippen LogP) is 2.77. The lowest BCUT2D eigenvalue weighted by molar-refractivity contribution is 0.189. The Labute approximate surface area is 104 Å². The molecule has 0 aliphatic rings. The molecule has 1 N–H and O–H groups in total. The fourth-order valence-electron chi connectivity index (χ4n) is 1.94. The molecule has 0 heterocycles. The standard InChI is InChI=1S/C14H23NO2/c1-4-17-14-10-6-5-8-12(14)13(15-2)9-7-11-16-3/h5-6,8,10,13,15H,4,7,9,11H2,1-3H3. The molecule has 0 bridgehead atoms. The van der Waals surface area contributed by atoms with Gasteiger partial charge < -0.3 is 14.8 Å². The summed E-state index contributed by atoms with van der Waals surface area (Å²) in [6, 6.07) is 8.54. The third kappa shape index (κ3) is 4.36. The fourth-order valence-corrected chi connectivity index (χ4v) is 1.94. The van der Waals surface area contributed by atoms with Crippen molar-refractivity contribution in [2.45, 2.75) is 25.8 Å². The second kappa shape index (κ2) is 8.09. The van der Waals surface area contributed by atoms with E-state index in [-0.39, 0.29) is 0 Å². The van der Waals surface area contributed by atoms with Gasteiger partial charge >= 0.3 is 0 Å². The summed E-state index contributed by atoms with van der Waals surface area (Å²) in [5.74, 6) is 0.978. The van der Waals surface area contributed by atoms with Gasteiger partial charge in [-0.1, -0.05) is 18.2 Å². The predicted molar refractivity (Wildman–Crippen MR) is 70.5 cm³/mol. The zero-order valence-corrected chi connectivity index (χ0v) is 11.0. The van der Waals surface area contributed by atoms with Crippen LogP contribution in [0.25, 0.3) is 0 Å². The summed E-state index contributed by atoms with van der Waals surface area (Å²) in [6.07, 6.45) is 2.09. The summed E-state index contributed by atoms with van der Waals surface area (Å²) in [5, 5.41) is 3.34. The van der Waals surface area contributed by atoms with Crippen LogP contribution in [0.3, 0.4) is 0 Å². The van der Waals surface area contributed by atoms with E-state index >= 15 is 0 Å². The second-order valence-corrected chi connectivity index (χ2v) is 3.95. The quantitative estimate of drug-likeness (QED) is 0.705. The number of rotatable bonds is 8. The van der Waals surface area contributed by atoms with Crippen LogP contribution in [0.15, 0.2) is 24.3 Å². The summed E-state index contributed by atoms with van der Waals surface area (Å²) in [4.78, 5) is 0. The van der Waals surface area contributed by atoms with Gasteiger partial charge in [-0.05, 0) is 32.9 Å². The van der Waals surface area contributed by atoms with Crippen molar-refractivity contribution in [3.05, 3.63) is 29.8 Å². The highest BCUT2D eigenvalue weighted by Gasteiger charge is 2.13. The normalized spacial score (nSPS) is 12.4. The van der Waals surface area contributed by atoms with Crippen molar-refractivity contribution in [1.29, 1.82) is 0 Å². The Bertz CT molecular complexity index is 315. The van der Waals surface area contributed by atoms with Crippen molar-refractivity contribution in [1.82, 2.24) is 5.32 Å². The third-order valence-corrected chi connectivity index (χ3v) is 2.78. The van der Waals surface area contributed by atoms with E-state index in [1.165, 1.54) is 5.56 Å². The van der Waals surface area contributed by atoms with Crippen LogP contribution in [0.4, 0.5) is 0 Å². The molecular weight excluding hydrogens is 214 g/mol. The first-order valence-electron chi connectivity index (χ1n) is 6.21. The maximum atomic E-state index is 5.65. The van der Waals surface area contributed by atoms with Crippen LogP contribution >= 0.6 is 0 Å². The van der Waals surface area contributed by atoms with Crippen LogP contribution in [-0.4, -0.2) is 27.4 Å². The van der Waals surface area contributed by atoms with E-state index < -0.39 is 0 Å². The van der Waals surface area contributed by atoms with Crippen LogP contribution in [0.2, 0.25) is 0 Å². The van der Waals surface area contributed by atoms with Gasteiger partial charge in [0.2, 0.25) is 0 Å². The number of para-hydroxylation sites is 1. The van der Waals surface area contributed by atoms with Crippen molar-refractivity contribution in [2.75, 3.05) is 27.4 Å². The molecule has 0 amide bonds. The van der Waals surface area contributed by atoms with Gasteiger partial charge in [0, 0.05) is 25.3 Å². The van der Waals surface area contributed by atoms with Gasteiger partial charge in [0.15, 0.2) is 0 Å². The van der Waals surface area contributed by atoms with Gasteiger partial charge in [0.25, 0.3) is 0 Å². The number of hydrogen-bond acceptors (Lipinski definition) is 3. The molecule has 3 nitrogen and oxygen atoms in total. The lowest BCUT2D eigenvalue weighted by atomic mass is 10.0. The molecule has 0 radical (unpaired) electrons. The highest BCUT2D eigenvalue weighted by molar-refractivity contribution is 5.35. The number of benzene rings is 1. The summed E-state index contributed by atoms with van der Waals surface area (Å²) < 4.78 is 10.7. The van der Waals surface area contributed by atoms with Crippen LogP contribution in [0, 0.1) is 0 Å². The maximum Gasteiger partial charge on any atom is 0.124 e. The smallest absolute Gasteiger partial charge is 0.124 e. The van der Waals surface area contributed by atoms with E-state index in [2.05, 4.69) is 17.4 Å². The molecule has 0 fully saturated rings. The minimum atomic E-state index is 0.327. The van der Waals surface area contributed by atoms with Crippen LogP contribution in [0.5, 0.6) is 5.75 Å². The molecule has 0 saturated heterocycles. The number of hydrogen-bond donors (Lipinski definition) is 1. The van der Waals surface area contributed by atoms with Crippen molar-refractivity contribution in [3.63, 3.8) is 0 Å². The Hall–Kier alpha value is -1.06. The molecule has 0 aliphatic heterocycles. The Morgan fingerprint density at radius 1 is 1.29 bits per heavy atom. The van der Waals surface area contributed by atoms with Gasteiger partial charge in [-0.25, -0.2) is 0 Å². The van der Waals surface area contributed by atoms with E-state index in [1.54, 1.807) is 7.11 Å². The highest BCUT2D eigenvalue weighted by Crippen LogP contribution is 2.27. The largest absolute Gasteiger partial charge is 0.494 e. The Morgan fingerprint density at radius 2 is 2.06 bits per heavy atom. The topological polar surface area (TPSA) is 30.5 Å². The highest BCUT2D eigenvalue weighted by atomic mass is 16.5. The van der Waals surface area contributed by atoms with Crippen LogP contribution < -0.4 is 10.1 Å². The SMILES string of the molecule is CCOc1ccccc1C(CCCOC)NC. The fraction of sp³-hybridized carbons (Fsp3) is 0.571. The monoisotopic (exact) mass is 237 g/mol. The van der Waals surface area contributed by atoms with Crippen LogP contribution in [-0.2, 0) is 4.74 Å². The van der Waals surface area contributed by atoms with Gasteiger partial charge in [0.05, 0.1) is 6.61 Å². The molecule has 1 rings (SSSR count). The molecule has 0 aliphatic carbocycles. The van der Waals surface area contributed by atoms with Gasteiger partial charge in [0.1, 0.15) is 5.75 Å². The first kappa shape index (κ1) is 14.0. The summed E-state index contributed by atoms with van der Waals surface area (Å²) in [5.41, 5.74) is 1.23. The molecule has 0 spiro atoms. The first-order chi connectivity index (χ1) is 8.33. The van der Waals surface area contributed by atoms with E-state index in [1.807, 2.05) is 26.1 Å². The van der Waals surface area contributed by atoms with Gasteiger partial charge in [-0.15, -0.1) is 0 Å². The lowest BCUT2D eigenvalue weighted by Gasteiger charge is -2.19. The van der Waals surface area contributed by atoms with E-state index in [0.29, 0.717) is 12.6 Å². The molecule has 1 unspecified atom stereocenters. The molecule has 1 aromatic carbocycles. The van der Waals surface area contributed by atoms with Crippen molar-refractivity contribution in [3.8, 4) is 5.75 Å². The molecule has 1 atom stereocenters. The summed E-state index contributed by atoms with van der Waals surface area (Å²) in [6.45, 7) is 3.51. The van der Waals surface area contributed by atoms with Crippen LogP contribution in [0.1, 0.15) is 31.4 Å². The molecule has 17 heavy (non-hydrogen) atoms. The average Bonchev–Trinajstić information content (AvgIpc) is 2.36. The minimum Gasteiger partial charge on any atom is -0.494 e. The molecular formula is C14H23NO2. The molecule has 0 saturated carbocycles. The first-order valence-corrected chi connectivity index (χ1v) is 6.21. The summed E-state index contributed by atoms with van der Waals surface area (Å²) in [7, 11) is 3.72. The third-order valence-electron chi connectivity index (χ3n) is 2.78. The van der Waals surface area contributed by atoms with Crippen molar-refractivity contribution < 1.29 is 9.47 Å². The zero-order valence-electron chi connectivity index (χ0n) is 11.0. The van der Waals surface area contributed by atoms with Gasteiger partial charge in [-0.3, -0.25) is 0 Å². The lowest BCUT2D eigenvalue weighted by Crippen LogP contribution is -2.18.